The number of aromatic nitrogens is 2. The second-order valence-electron chi connectivity index (χ2n) is 8.62. The lowest BCUT2D eigenvalue weighted by Gasteiger charge is -2.55. The monoisotopic (exact) mass is 363 g/mol. The van der Waals surface area contributed by atoms with Crippen LogP contribution >= 0.6 is 11.8 Å². The van der Waals surface area contributed by atoms with Gasteiger partial charge in [-0.2, -0.15) is 0 Å². The van der Waals surface area contributed by atoms with Crippen molar-refractivity contribution in [1.29, 1.82) is 0 Å². The molecular weight excluding hydrogens is 334 g/mol. The molecule has 0 saturated heterocycles. The zero-order valence-corrected chi connectivity index (χ0v) is 16.1. The number of thioether (sulfide) groups is 1. The summed E-state index contributed by atoms with van der Waals surface area (Å²) < 4.78 is 6.03. The fourth-order valence-corrected chi connectivity index (χ4v) is 6.38. The van der Waals surface area contributed by atoms with E-state index in [1.54, 1.807) is 0 Å². The lowest BCUT2D eigenvalue weighted by molar-refractivity contribution is -0.119. The third-order valence-corrected chi connectivity index (χ3v) is 7.17. The van der Waals surface area contributed by atoms with E-state index in [-0.39, 0.29) is 17.4 Å². The van der Waals surface area contributed by atoms with Crippen LogP contribution in [0.4, 0.5) is 0 Å². The third kappa shape index (κ3) is 3.60. The average molecular weight is 364 g/mol. The highest BCUT2D eigenvalue weighted by Gasteiger charge is 2.54. The summed E-state index contributed by atoms with van der Waals surface area (Å²) in [7, 11) is 0. The Morgan fingerprint density at radius 1 is 1.24 bits per heavy atom. The molecule has 0 unspecified atom stereocenters. The molecule has 5 rings (SSSR count). The summed E-state index contributed by atoms with van der Waals surface area (Å²) in [5, 5.41) is 12.2. The first kappa shape index (κ1) is 17.4. The molecule has 5 nitrogen and oxygen atoms in total. The molecule has 0 radical (unpaired) electrons. The van der Waals surface area contributed by atoms with Gasteiger partial charge in [0.15, 0.2) is 0 Å². The first-order valence-corrected chi connectivity index (χ1v) is 10.8. The molecule has 4 fully saturated rings. The summed E-state index contributed by atoms with van der Waals surface area (Å²) in [5.74, 6) is 3.81. The van der Waals surface area contributed by atoms with E-state index < -0.39 is 0 Å². The number of carbonyl (C=O) groups excluding carboxylic acids is 1. The van der Waals surface area contributed by atoms with Crippen LogP contribution in [0, 0.1) is 17.8 Å². The smallest absolute Gasteiger partial charge is 0.277 e. The SMILES string of the molecule is CCC[C@H](C)NC(=O)CSc1nnc(C23CC4CC(CC(C4)C2)C3)o1. The average Bonchev–Trinajstić information content (AvgIpc) is 3.01. The highest BCUT2D eigenvalue weighted by Crippen LogP contribution is 2.60. The molecular formula is C19H29N3O2S. The molecule has 0 aliphatic heterocycles. The van der Waals surface area contributed by atoms with Crippen LogP contribution in [-0.4, -0.2) is 27.9 Å². The topological polar surface area (TPSA) is 68.0 Å². The van der Waals surface area contributed by atoms with Crippen LogP contribution in [0.1, 0.15) is 71.1 Å². The molecule has 0 spiro atoms. The maximum atomic E-state index is 12.0. The normalized spacial score (nSPS) is 34.2. The molecule has 1 amide bonds. The number of hydrogen-bond acceptors (Lipinski definition) is 5. The minimum absolute atomic E-state index is 0.0421. The van der Waals surface area contributed by atoms with Crippen molar-refractivity contribution in [3.63, 3.8) is 0 Å². The predicted molar refractivity (Wildman–Crippen MR) is 97.4 cm³/mol. The summed E-state index contributed by atoms with van der Waals surface area (Å²) >= 11 is 1.36. The Labute approximate surface area is 154 Å². The van der Waals surface area contributed by atoms with Crippen molar-refractivity contribution in [2.75, 3.05) is 5.75 Å². The largest absolute Gasteiger partial charge is 0.415 e. The van der Waals surface area contributed by atoms with E-state index in [1.807, 2.05) is 6.92 Å². The Balaban J connectivity index is 1.36. The van der Waals surface area contributed by atoms with Gasteiger partial charge in [-0.3, -0.25) is 4.79 Å². The van der Waals surface area contributed by atoms with Crippen LogP contribution < -0.4 is 5.32 Å². The Kier molecular flexibility index (Phi) is 4.82. The Morgan fingerprint density at radius 2 is 1.88 bits per heavy atom. The van der Waals surface area contributed by atoms with Crippen LogP contribution in [0.15, 0.2) is 9.64 Å². The quantitative estimate of drug-likeness (QED) is 0.743. The molecule has 0 aromatic carbocycles. The summed E-state index contributed by atoms with van der Waals surface area (Å²) in [5.41, 5.74) is 0.137. The number of carbonyl (C=O) groups is 1. The van der Waals surface area contributed by atoms with Crippen molar-refractivity contribution in [2.24, 2.45) is 17.8 Å². The van der Waals surface area contributed by atoms with Crippen LogP contribution in [0.2, 0.25) is 0 Å². The number of hydrogen-bond donors (Lipinski definition) is 1. The van der Waals surface area contributed by atoms with Crippen molar-refractivity contribution in [3.8, 4) is 0 Å². The maximum absolute atomic E-state index is 12.0. The summed E-state index contributed by atoms with van der Waals surface area (Å²) in [4.78, 5) is 12.0. The zero-order valence-electron chi connectivity index (χ0n) is 15.3. The molecule has 1 aromatic heterocycles. The van der Waals surface area contributed by atoms with Gasteiger partial charge in [-0.05, 0) is 69.6 Å². The van der Waals surface area contributed by atoms with Crippen molar-refractivity contribution < 1.29 is 9.21 Å². The summed E-state index contributed by atoms with van der Waals surface area (Å²) in [6.45, 7) is 4.17. The second kappa shape index (κ2) is 6.93. The number of amides is 1. The van der Waals surface area contributed by atoms with Gasteiger partial charge < -0.3 is 9.73 Å². The maximum Gasteiger partial charge on any atom is 0.277 e. The molecule has 25 heavy (non-hydrogen) atoms. The minimum atomic E-state index is 0.0421. The van der Waals surface area contributed by atoms with E-state index >= 15 is 0 Å². The molecule has 138 valence electrons. The number of nitrogens with zero attached hydrogens (tertiary/aromatic N) is 2. The molecule has 1 atom stereocenters. The molecule has 1 aromatic rings. The van der Waals surface area contributed by atoms with Crippen LogP contribution in [0.5, 0.6) is 0 Å². The molecule has 6 heteroatoms. The van der Waals surface area contributed by atoms with Crippen LogP contribution in [-0.2, 0) is 10.2 Å². The van der Waals surface area contributed by atoms with Gasteiger partial charge in [0.25, 0.3) is 5.22 Å². The predicted octanol–water partition coefficient (Wildman–Crippen LogP) is 3.93. The first-order valence-electron chi connectivity index (χ1n) is 9.82. The van der Waals surface area contributed by atoms with E-state index in [1.165, 1.54) is 50.3 Å². The fourth-order valence-electron chi connectivity index (χ4n) is 5.80. The molecule has 4 saturated carbocycles. The lowest BCUT2D eigenvalue weighted by atomic mass is 9.49. The standard InChI is InChI=1S/C19H29N3O2S/c1-3-4-12(2)20-16(23)11-25-18-22-21-17(24-18)19-8-13-5-14(9-19)7-15(6-13)10-19/h12-15H,3-11H2,1-2H3,(H,20,23)/t12-,13?,14?,15?,19?/m0/s1. The molecule has 4 aliphatic rings. The van der Waals surface area contributed by atoms with Crippen molar-refractivity contribution in [2.45, 2.75) is 81.9 Å². The van der Waals surface area contributed by atoms with E-state index in [0.717, 1.165) is 36.5 Å². The summed E-state index contributed by atoms with van der Waals surface area (Å²) in [6.07, 6.45) is 9.97. The van der Waals surface area contributed by atoms with Crippen molar-refractivity contribution >= 4 is 17.7 Å². The summed E-state index contributed by atoms with van der Waals surface area (Å²) in [6, 6.07) is 0.225. The van der Waals surface area contributed by atoms with Gasteiger partial charge in [-0.15, -0.1) is 10.2 Å². The van der Waals surface area contributed by atoms with Crippen molar-refractivity contribution in [3.05, 3.63) is 5.89 Å². The number of nitrogens with one attached hydrogen (secondary N) is 1. The first-order chi connectivity index (χ1) is 12.1. The molecule has 4 aliphatic carbocycles. The van der Waals surface area contributed by atoms with Gasteiger partial charge in [-0.1, -0.05) is 25.1 Å². The zero-order chi connectivity index (χ0) is 17.4. The van der Waals surface area contributed by atoms with E-state index in [9.17, 15) is 4.79 Å². The van der Waals surface area contributed by atoms with Gasteiger partial charge >= 0.3 is 0 Å². The Hall–Kier alpha value is -1.04. The van der Waals surface area contributed by atoms with E-state index in [4.69, 9.17) is 4.42 Å². The van der Waals surface area contributed by atoms with E-state index in [0.29, 0.717) is 11.0 Å². The molecule has 1 N–H and O–H groups in total. The van der Waals surface area contributed by atoms with Gasteiger partial charge in [0, 0.05) is 11.5 Å². The number of rotatable bonds is 7. The van der Waals surface area contributed by atoms with Gasteiger partial charge in [0.2, 0.25) is 11.8 Å². The third-order valence-electron chi connectivity index (χ3n) is 6.35. The molecule has 1 heterocycles. The van der Waals surface area contributed by atoms with Crippen LogP contribution in [0.25, 0.3) is 0 Å². The highest BCUT2D eigenvalue weighted by atomic mass is 32.2. The van der Waals surface area contributed by atoms with Gasteiger partial charge in [0.1, 0.15) is 0 Å². The fraction of sp³-hybridized carbons (Fsp3) is 0.842. The Bertz CT molecular complexity index is 595. The minimum Gasteiger partial charge on any atom is -0.415 e. The second-order valence-corrected chi connectivity index (χ2v) is 9.54. The lowest BCUT2D eigenvalue weighted by Crippen LogP contribution is -2.48. The van der Waals surface area contributed by atoms with Gasteiger partial charge in [0.05, 0.1) is 5.75 Å². The van der Waals surface area contributed by atoms with Crippen LogP contribution in [0.3, 0.4) is 0 Å². The highest BCUT2D eigenvalue weighted by molar-refractivity contribution is 7.99. The van der Waals surface area contributed by atoms with E-state index in [2.05, 4.69) is 22.4 Å². The molecule has 4 bridgehead atoms. The van der Waals surface area contributed by atoms with Crippen molar-refractivity contribution in [1.82, 2.24) is 15.5 Å². The Morgan fingerprint density at radius 3 is 2.48 bits per heavy atom. The van der Waals surface area contributed by atoms with Gasteiger partial charge in [-0.25, -0.2) is 0 Å².